The second kappa shape index (κ2) is 19.5. The number of likely N-dealkylation sites (tertiary alicyclic amines) is 1. The number of ketones is 1. The number of carbonyl (C=O) groups excluding carboxylic acids is 3. The number of ether oxygens (including phenoxy) is 1. The molecule has 0 aromatic heterocycles. The molecule has 1 unspecified atom stereocenters. The standard InChI is InChI=1S/C25H27Cl2N3O4.C13H28N2/c1-16(31)23(15-17-6-7-20(26)21(27)14-17)34-25(33)29-11-9-19(10-12-29)30-13-8-18-4-2-3-5-22(18)28-24(30)32;1-4-5-13(7-6-12(2)3)15-10-8-14-9-11-15/h2-7,14,19,23H,8-13,15H2,1H3,(H,28,32);12-14H,4-11H2,1-3H3/t23-;/m1./s1. The Bertz CT molecular complexity index is 1380. The molecule has 49 heavy (non-hydrogen) atoms. The quantitative estimate of drug-likeness (QED) is 0.248. The van der Waals surface area contributed by atoms with Gasteiger partial charge in [-0.1, -0.05) is 74.7 Å². The summed E-state index contributed by atoms with van der Waals surface area (Å²) in [5, 5.41) is 7.24. The van der Waals surface area contributed by atoms with E-state index in [1.807, 2.05) is 29.2 Å². The molecule has 9 nitrogen and oxygen atoms in total. The van der Waals surface area contributed by atoms with E-state index in [0.29, 0.717) is 42.5 Å². The summed E-state index contributed by atoms with van der Waals surface area (Å²) in [6.07, 6.45) is 6.37. The van der Waals surface area contributed by atoms with Gasteiger partial charge in [0, 0.05) is 70.0 Å². The van der Waals surface area contributed by atoms with Gasteiger partial charge in [-0.15, -0.1) is 0 Å². The minimum absolute atomic E-state index is 0.0400. The van der Waals surface area contributed by atoms with Crippen molar-refractivity contribution in [1.82, 2.24) is 20.0 Å². The van der Waals surface area contributed by atoms with Crippen molar-refractivity contribution in [3.8, 4) is 0 Å². The Morgan fingerprint density at radius 3 is 2.31 bits per heavy atom. The maximum atomic E-state index is 12.8. The lowest BCUT2D eigenvalue weighted by Crippen LogP contribution is -2.50. The Kier molecular flexibility index (Phi) is 15.5. The molecule has 2 aromatic rings. The van der Waals surface area contributed by atoms with Crippen LogP contribution in [0.3, 0.4) is 0 Å². The van der Waals surface area contributed by atoms with E-state index < -0.39 is 12.2 Å². The van der Waals surface area contributed by atoms with E-state index in [1.165, 1.54) is 58.8 Å². The number of anilines is 1. The number of amides is 3. The minimum Gasteiger partial charge on any atom is -0.438 e. The normalized spacial score (nSPS) is 18.5. The molecule has 3 amide bonds. The molecule has 0 aliphatic carbocycles. The number of nitrogens with one attached hydrogen (secondary N) is 2. The van der Waals surface area contributed by atoms with Crippen molar-refractivity contribution in [3.05, 3.63) is 63.6 Å². The summed E-state index contributed by atoms with van der Waals surface area (Å²) < 4.78 is 5.56. The third kappa shape index (κ3) is 11.9. The number of hydrogen-bond donors (Lipinski definition) is 2. The van der Waals surface area contributed by atoms with Crippen molar-refractivity contribution in [2.45, 2.75) is 97.2 Å². The van der Waals surface area contributed by atoms with Crippen molar-refractivity contribution in [2.75, 3.05) is 51.1 Å². The zero-order chi connectivity index (χ0) is 35.3. The van der Waals surface area contributed by atoms with Gasteiger partial charge < -0.3 is 25.2 Å². The van der Waals surface area contributed by atoms with Crippen molar-refractivity contribution >= 4 is 46.8 Å². The molecule has 0 saturated carbocycles. The van der Waals surface area contributed by atoms with Crippen LogP contribution < -0.4 is 10.6 Å². The Morgan fingerprint density at radius 1 is 0.939 bits per heavy atom. The maximum Gasteiger partial charge on any atom is 0.410 e. The van der Waals surface area contributed by atoms with E-state index in [9.17, 15) is 14.4 Å². The van der Waals surface area contributed by atoms with Crippen LogP contribution in [0, 0.1) is 5.92 Å². The van der Waals surface area contributed by atoms with E-state index >= 15 is 0 Å². The molecule has 0 spiro atoms. The predicted octanol–water partition coefficient (Wildman–Crippen LogP) is 7.68. The SMILES string of the molecule is CC(=O)[C@@H](Cc1ccc(Cl)c(Cl)c1)OC(=O)N1CCC(N2CCc3ccccc3NC2=O)CC1.CCCC(CCC(C)C)N1CCNCC1. The van der Waals surface area contributed by atoms with E-state index in [0.717, 1.165) is 35.2 Å². The van der Waals surface area contributed by atoms with Crippen LogP contribution in [0.25, 0.3) is 0 Å². The van der Waals surface area contributed by atoms with Gasteiger partial charge in [0.05, 0.1) is 10.0 Å². The first-order chi connectivity index (χ1) is 23.5. The van der Waals surface area contributed by atoms with Crippen LogP contribution in [-0.2, 0) is 22.4 Å². The van der Waals surface area contributed by atoms with Gasteiger partial charge in [0.2, 0.25) is 0 Å². The molecular weight excluding hydrogens is 661 g/mol. The Hall–Kier alpha value is -2.85. The highest BCUT2D eigenvalue weighted by Gasteiger charge is 2.33. The van der Waals surface area contributed by atoms with Gasteiger partial charge in [-0.05, 0) is 80.7 Å². The van der Waals surface area contributed by atoms with E-state index in [-0.39, 0.29) is 24.3 Å². The number of Topliss-reactive ketones (excluding diaryl/α,β-unsaturated/α-hetero) is 1. The highest BCUT2D eigenvalue weighted by molar-refractivity contribution is 6.42. The zero-order valence-corrected chi connectivity index (χ0v) is 31.2. The number of fused-ring (bicyclic) bond motifs is 1. The van der Waals surface area contributed by atoms with Gasteiger partial charge in [0.1, 0.15) is 0 Å². The number of carbonyl (C=O) groups is 3. The van der Waals surface area contributed by atoms with E-state index in [1.54, 1.807) is 23.1 Å². The summed E-state index contributed by atoms with van der Waals surface area (Å²) in [7, 11) is 0. The molecule has 3 aliphatic heterocycles. The molecule has 3 aliphatic rings. The van der Waals surface area contributed by atoms with Crippen LogP contribution in [0.1, 0.15) is 77.3 Å². The molecule has 2 fully saturated rings. The van der Waals surface area contributed by atoms with Gasteiger partial charge in [-0.3, -0.25) is 9.69 Å². The second-order valence-electron chi connectivity index (χ2n) is 13.9. The van der Waals surface area contributed by atoms with E-state index in [2.05, 4.69) is 36.3 Å². The van der Waals surface area contributed by atoms with Gasteiger partial charge in [-0.25, -0.2) is 9.59 Å². The highest BCUT2D eigenvalue weighted by atomic mass is 35.5. The first-order valence-electron chi connectivity index (χ1n) is 18.1. The zero-order valence-electron chi connectivity index (χ0n) is 29.7. The molecule has 3 heterocycles. The summed E-state index contributed by atoms with van der Waals surface area (Å²) in [5.74, 6) is 0.613. The molecule has 2 atom stereocenters. The number of halogens is 2. The third-order valence-corrected chi connectivity index (χ3v) is 10.5. The largest absolute Gasteiger partial charge is 0.438 e. The van der Waals surface area contributed by atoms with Gasteiger partial charge in [-0.2, -0.15) is 0 Å². The first-order valence-corrected chi connectivity index (χ1v) is 18.8. The average Bonchev–Trinajstić information content (AvgIpc) is 3.26. The average molecular weight is 717 g/mol. The van der Waals surface area contributed by atoms with Crippen LogP contribution >= 0.6 is 23.2 Å². The van der Waals surface area contributed by atoms with Crippen molar-refractivity contribution in [2.24, 2.45) is 5.92 Å². The lowest BCUT2D eigenvalue weighted by atomic mass is 9.98. The summed E-state index contributed by atoms with van der Waals surface area (Å²) in [5.41, 5.74) is 2.74. The summed E-state index contributed by atoms with van der Waals surface area (Å²) in [4.78, 5) is 43.9. The third-order valence-electron chi connectivity index (χ3n) is 9.77. The lowest BCUT2D eigenvalue weighted by molar-refractivity contribution is -0.125. The van der Waals surface area contributed by atoms with E-state index in [4.69, 9.17) is 27.9 Å². The molecule has 0 bridgehead atoms. The molecular formula is C38H55Cl2N5O4. The van der Waals surface area contributed by atoms with Gasteiger partial charge in [0.25, 0.3) is 0 Å². The Balaban J connectivity index is 0.000000302. The smallest absolute Gasteiger partial charge is 0.410 e. The molecule has 11 heteroatoms. The molecule has 0 radical (unpaired) electrons. The lowest BCUT2D eigenvalue weighted by Gasteiger charge is -2.37. The fourth-order valence-electron chi connectivity index (χ4n) is 6.86. The summed E-state index contributed by atoms with van der Waals surface area (Å²) in [6, 6.07) is 13.7. The fourth-order valence-corrected chi connectivity index (χ4v) is 7.18. The van der Waals surface area contributed by atoms with Gasteiger partial charge in [0.15, 0.2) is 11.9 Å². The Labute approximate surface area is 303 Å². The molecule has 270 valence electrons. The van der Waals surface area contributed by atoms with Crippen molar-refractivity contribution < 1.29 is 19.1 Å². The predicted molar refractivity (Wildman–Crippen MR) is 199 cm³/mol. The molecule has 2 N–H and O–H groups in total. The van der Waals surface area contributed by atoms with Crippen molar-refractivity contribution in [3.63, 3.8) is 0 Å². The van der Waals surface area contributed by atoms with Crippen LogP contribution in [0.2, 0.25) is 10.0 Å². The number of urea groups is 1. The monoisotopic (exact) mass is 715 g/mol. The molecule has 5 rings (SSSR count). The molecule has 2 saturated heterocycles. The fraction of sp³-hybridized carbons (Fsp3) is 0.605. The number of nitrogens with zero attached hydrogens (tertiary/aromatic N) is 3. The summed E-state index contributed by atoms with van der Waals surface area (Å²) in [6.45, 7) is 14.8. The molecule has 2 aromatic carbocycles. The number of piperazine rings is 1. The van der Waals surface area contributed by atoms with Crippen LogP contribution in [-0.4, -0.2) is 96.6 Å². The second-order valence-corrected chi connectivity index (χ2v) is 14.7. The first kappa shape index (κ1) is 38.9. The van der Waals surface area contributed by atoms with Gasteiger partial charge >= 0.3 is 12.1 Å². The Morgan fingerprint density at radius 2 is 1.65 bits per heavy atom. The number of para-hydroxylation sites is 1. The van der Waals surface area contributed by atoms with Crippen LogP contribution in [0.5, 0.6) is 0 Å². The maximum absolute atomic E-state index is 12.8. The minimum atomic E-state index is -0.905. The topological polar surface area (TPSA) is 94.2 Å². The number of benzene rings is 2. The van der Waals surface area contributed by atoms with Crippen molar-refractivity contribution in [1.29, 1.82) is 0 Å². The number of rotatable bonds is 11. The van der Waals surface area contributed by atoms with Crippen LogP contribution in [0.4, 0.5) is 15.3 Å². The summed E-state index contributed by atoms with van der Waals surface area (Å²) >= 11 is 12.0. The number of hydrogen-bond acceptors (Lipinski definition) is 6. The van der Waals surface area contributed by atoms with Crippen LogP contribution in [0.15, 0.2) is 42.5 Å². The highest BCUT2D eigenvalue weighted by Crippen LogP contribution is 2.26. The number of piperidine rings is 1.